The molecule has 1 unspecified atom stereocenters. The van der Waals surface area contributed by atoms with Gasteiger partial charge in [0, 0.05) is 12.8 Å². The van der Waals surface area contributed by atoms with Crippen molar-refractivity contribution in [3.8, 4) is 0 Å². The first-order valence-electron chi connectivity index (χ1n) is 8.48. The maximum Gasteiger partial charge on any atom is 0.248 e. The molecule has 2 rings (SSSR count). The van der Waals surface area contributed by atoms with Crippen LogP contribution < -0.4 is 0 Å². The molecule has 0 heterocycles. The normalized spacial score (nSPS) is 35.2. The van der Waals surface area contributed by atoms with E-state index >= 15 is 0 Å². The smallest absolute Gasteiger partial charge is 0.207 e. The predicted octanol–water partition coefficient (Wildman–Crippen LogP) is 6.20. The summed E-state index contributed by atoms with van der Waals surface area (Å²) in [5, 5.41) is 0. The quantitative estimate of drug-likeness (QED) is 0.523. The van der Waals surface area contributed by atoms with Crippen molar-refractivity contribution >= 4 is 0 Å². The monoisotopic (exact) mass is 272 g/mol. The first kappa shape index (κ1) is 15.3. The van der Waals surface area contributed by atoms with Gasteiger partial charge in [-0.1, -0.05) is 45.4 Å². The molecule has 2 heteroatoms. The zero-order chi connectivity index (χ0) is 13.7. The molecule has 0 aromatic heterocycles. The predicted molar refractivity (Wildman–Crippen MR) is 76.5 cm³/mol. The van der Waals surface area contributed by atoms with Crippen molar-refractivity contribution in [1.82, 2.24) is 0 Å². The summed E-state index contributed by atoms with van der Waals surface area (Å²) in [6.45, 7) is 2.25. The molecule has 0 bridgehead atoms. The van der Waals surface area contributed by atoms with E-state index < -0.39 is 5.92 Å². The lowest BCUT2D eigenvalue weighted by molar-refractivity contribution is -0.0658. The molecule has 2 aliphatic rings. The van der Waals surface area contributed by atoms with Gasteiger partial charge in [-0.25, -0.2) is 8.78 Å². The van der Waals surface area contributed by atoms with Crippen LogP contribution in [0.4, 0.5) is 8.78 Å². The van der Waals surface area contributed by atoms with Gasteiger partial charge in [-0.3, -0.25) is 0 Å². The Balaban J connectivity index is 1.70. The van der Waals surface area contributed by atoms with Crippen LogP contribution in [0.1, 0.15) is 84.0 Å². The minimum atomic E-state index is -2.36. The van der Waals surface area contributed by atoms with Gasteiger partial charge in [-0.05, 0) is 43.4 Å². The summed E-state index contributed by atoms with van der Waals surface area (Å²) in [6.07, 6.45) is 12.6. The molecular weight excluding hydrogens is 242 g/mol. The Hall–Kier alpha value is -0.140. The van der Waals surface area contributed by atoms with Crippen LogP contribution in [0.2, 0.25) is 0 Å². The summed E-state index contributed by atoms with van der Waals surface area (Å²) in [5.74, 6) is -0.540. The molecule has 0 amide bonds. The summed E-state index contributed by atoms with van der Waals surface area (Å²) in [5.41, 5.74) is 0. The molecule has 0 spiro atoms. The molecular formula is C17H30F2. The Morgan fingerprint density at radius 1 is 0.947 bits per heavy atom. The highest BCUT2D eigenvalue weighted by Crippen LogP contribution is 2.45. The van der Waals surface area contributed by atoms with E-state index in [1.165, 1.54) is 51.4 Å². The van der Waals surface area contributed by atoms with Gasteiger partial charge >= 0.3 is 0 Å². The first-order valence-corrected chi connectivity index (χ1v) is 8.48. The van der Waals surface area contributed by atoms with Gasteiger partial charge in [0.05, 0.1) is 0 Å². The van der Waals surface area contributed by atoms with E-state index in [0.717, 1.165) is 18.8 Å². The third-order valence-corrected chi connectivity index (χ3v) is 5.45. The number of halogens is 2. The molecule has 0 saturated heterocycles. The van der Waals surface area contributed by atoms with Gasteiger partial charge in [0.1, 0.15) is 0 Å². The van der Waals surface area contributed by atoms with Crippen LogP contribution in [0.15, 0.2) is 0 Å². The van der Waals surface area contributed by atoms with Crippen molar-refractivity contribution in [2.75, 3.05) is 0 Å². The zero-order valence-electron chi connectivity index (χ0n) is 12.5. The molecule has 0 N–H and O–H groups in total. The standard InChI is InChI=1S/C17H30F2/c1-2-3-4-6-14-8-10-15(11-9-14)16-7-5-12-17(18,19)13-16/h14-16H,2-13H2,1H3. The average Bonchev–Trinajstić information content (AvgIpc) is 2.39. The molecule has 2 saturated carbocycles. The van der Waals surface area contributed by atoms with E-state index in [-0.39, 0.29) is 12.8 Å². The fourth-order valence-corrected chi connectivity index (χ4v) is 4.24. The van der Waals surface area contributed by atoms with Gasteiger partial charge in [0.25, 0.3) is 0 Å². The largest absolute Gasteiger partial charge is 0.248 e. The van der Waals surface area contributed by atoms with Crippen LogP contribution in [0.25, 0.3) is 0 Å². The van der Waals surface area contributed by atoms with Crippen molar-refractivity contribution in [3.05, 3.63) is 0 Å². The highest BCUT2D eigenvalue weighted by molar-refractivity contribution is 4.85. The third kappa shape index (κ3) is 4.72. The summed E-state index contributed by atoms with van der Waals surface area (Å²) in [7, 11) is 0. The molecule has 0 aromatic rings. The Kier molecular flexibility index (Phi) is 5.65. The van der Waals surface area contributed by atoms with Gasteiger partial charge in [0.2, 0.25) is 5.92 Å². The zero-order valence-corrected chi connectivity index (χ0v) is 12.5. The summed E-state index contributed by atoms with van der Waals surface area (Å²) >= 11 is 0. The topological polar surface area (TPSA) is 0 Å². The Morgan fingerprint density at radius 2 is 1.68 bits per heavy atom. The van der Waals surface area contributed by atoms with E-state index in [0.29, 0.717) is 11.8 Å². The fourth-order valence-electron chi connectivity index (χ4n) is 4.24. The molecule has 0 nitrogen and oxygen atoms in total. The Morgan fingerprint density at radius 3 is 2.32 bits per heavy atom. The van der Waals surface area contributed by atoms with Crippen LogP contribution in [0, 0.1) is 17.8 Å². The second-order valence-electron chi connectivity index (χ2n) is 6.99. The van der Waals surface area contributed by atoms with E-state index in [1.807, 2.05) is 0 Å². The minimum Gasteiger partial charge on any atom is -0.207 e. The summed E-state index contributed by atoms with van der Waals surface area (Å²) < 4.78 is 27.0. The molecule has 112 valence electrons. The lowest BCUT2D eigenvalue weighted by atomic mass is 9.69. The van der Waals surface area contributed by atoms with Gasteiger partial charge in [0.15, 0.2) is 0 Å². The van der Waals surface area contributed by atoms with Gasteiger partial charge in [-0.15, -0.1) is 0 Å². The highest BCUT2D eigenvalue weighted by atomic mass is 19.3. The maximum absolute atomic E-state index is 13.5. The van der Waals surface area contributed by atoms with E-state index in [9.17, 15) is 8.78 Å². The fraction of sp³-hybridized carbons (Fsp3) is 1.00. The number of rotatable bonds is 5. The van der Waals surface area contributed by atoms with Crippen molar-refractivity contribution in [2.45, 2.75) is 89.9 Å². The van der Waals surface area contributed by atoms with Gasteiger partial charge in [-0.2, -0.15) is 0 Å². The maximum atomic E-state index is 13.5. The van der Waals surface area contributed by atoms with E-state index in [1.54, 1.807) is 0 Å². The number of unbranched alkanes of at least 4 members (excludes halogenated alkanes) is 2. The first-order chi connectivity index (χ1) is 9.11. The number of hydrogen-bond donors (Lipinski definition) is 0. The molecule has 0 aliphatic heterocycles. The van der Waals surface area contributed by atoms with Gasteiger partial charge < -0.3 is 0 Å². The molecule has 2 fully saturated rings. The van der Waals surface area contributed by atoms with Crippen LogP contribution >= 0.6 is 0 Å². The van der Waals surface area contributed by atoms with Crippen molar-refractivity contribution in [3.63, 3.8) is 0 Å². The average molecular weight is 272 g/mol. The van der Waals surface area contributed by atoms with Crippen molar-refractivity contribution < 1.29 is 8.78 Å². The van der Waals surface area contributed by atoms with Crippen LogP contribution in [0.5, 0.6) is 0 Å². The lowest BCUT2D eigenvalue weighted by Gasteiger charge is -2.38. The molecule has 1 atom stereocenters. The summed E-state index contributed by atoms with van der Waals surface area (Å²) in [6, 6.07) is 0. The van der Waals surface area contributed by atoms with Crippen molar-refractivity contribution in [1.29, 1.82) is 0 Å². The van der Waals surface area contributed by atoms with Crippen LogP contribution in [-0.2, 0) is 0 Å². The minimum absolute atomic E-state index is 0.135. The Labute approximate surface area is 117 Å². The SMILES string of the molecule is CCCCCC1CCC(C2CCCC(F)(F)C2)CC1. The Bertz CT molecular complexity index is 254. The van der Waals surface area contributed by atoms with Crippen molar-refractivity contribution in [2.24, 2.45) is 17.8 Å². The number of hydrogen-bond acceptors (Lipinski definition) is 0. The summed E-state index contributed by atoms with van der Waals surface area (Å²) in [4.78, 5) is 0. The molecule has 0 radical (unpaired) electrons. The second-order valence-corrected chi connectivity index (χ2v) is 6.99. The van der Waals surface area contributed by atoms with Crippen LogP contribution in [0.3, 0.4) is 0 Å². The van der Waals surface area contributed by atoms with Crippen LogP contribution in [-0.4, -0.2) is 5.92 Å². The molecule has 19 heavy (non-hydrogen) atoms. The van der Waals surface area contributed by atoms with E-state index in [2.05, 4.69) is 6.92 Å². The molecule has 0 aromatic carbocycles. The second kappa shape index (κ2) is 7.04. The molecule has 2 aliphatic carbocycles. The van der Waals surface area contributed by atoms with E-state index in [4.69, 9.17) is 0 Å². The highest BCUT2D eigenvalue weighted by Gasteiger charge is 2.39. The lowest BCUT2D eigenvalue weighted by Crippen LogP contribution is -2.32. The third-order valence-electron chi connectivity index (χ3n) is 5.45. The number of alkyl halides is 2.